The molecule has 0 aromatic rings. The number of hydrogen-bond acceptors (Lipinski definition) is 4. The Bertz CT molecular complexity index is 628. The fourth-order valence-corrected chi connectivity index (χ4v) is 6.81. The first kappa shape index (κ1) is 47.0. The molecular weight excluding hydrogens is 575 g/mol. The van der Waals surface area contributed by atoms with Crippen LogP contribution in [0.15, 0.2) is 0 Å². The van der Waals surface area contributed by atoms with Gasteiger partial charge in [-0.2, -0.15) is 0 Å². The third-order valence-electron chi connectivity index (χ3n) is 9.38. The minimum atomic E-state index is -4.59. The molecule has 6 heteroatoms. The monoisotopic (exact) mass is 653 g/mol. The van der Waals surface area contributed by atoms with Crippen LogP contribution in [0.25, 0.3) is 0 Å². The first-order valence-corrected chi connectivity index (χ1v) is 20.9. The molecular formula is C38H77NaO4S. The summed E-state index contributed by atoms with van der Waals surface area (Å²) in [6.45, 7) is 4.63. The van der Waals surface area contributed by atoms with E-state index >= 15 is 0 Å². The number of hydrogen-bond donors (Lipinski definition) is 0. The summed E-state index contributed by atoms with van der Waals surface area (Å²) in [5.41, 5.74) is 0. The molecule has 44 heavy (non-hydrogen) atoms. The van der Waals surface area contributed by atoms with Crippen molar-refractivity contribution in [1.82, 2.24) is 0 Å². The van der Waals surface area contributed by atoms with Gasteiger partial charge in [-0.3, -0.25) is 4.18 Å². The predicted octanol–water partition coefficient (Wildman–Crippen LogP) is 10.4. The van der Waals surface area contributed by atoms with Gasteiger partial charge in [0.1, 0.15) is 0 Å². The molecule has 0 saturated carbocycles. The van der Waals surface area contributed by atoms with Crippen molar-refractivity contribution in [3.8, 4) is 0 Å². The van der Waals surface area contributed by atoms with Crippen molar-refractivity contribution in [2.75, 3.05) is 6.61 Å². The van der Waals surface area contributed by atoms with E-state index in [-0.39, 0.29) is 42.1 Å². The van der Waals surface area contributed by atoms with Crippen molar-refractivity contribution in [3.63, 3.8) is 0 Å². The van der Waals surface area contributed by atoms with E-state index < -0.39 is 10.4 Å². The maximum absolute atomic E-state index is 11.0. The van der Waals surface area contributed by atoms with E-state index in [2.05, 4.69) is 18.0 Å². The second-order valence-corrected chi connectivity index (χ2v) is 14.8. The fraction of sp³-hybridized carbons (Fsp3) is 1.00. The zero-order chi connectivity index (χ0) is 31.5. The van der Waals surface area contributed by atoms with Crippen LogP contribution in [-0.2, 0) is 14.6 Å². The molecule has 0 aliphatic carbocycles. The van der Waals surface area contributed by atoms with Crippen molar-refractivity contribution >= 4 is 10.4 Å². The Kier molecular flexibility index (Phi) is 40.9. The molecule has 0 fully saturated rings. The van der Waals surface area contributed by atoms with Crippen molar-refractivity contribution < 1.29 is 46.7 Å². The Balaban J connectivity index is 0. The summed E-state index contributed by atoms with van der Waals surface area (Å²) in [6.07, 6.45) is 45.3. The fourth-order valence-electron chi connectivity index (χ4n) is 6.45. The third-order valence-corrected chi connectivity index (χ3v) is 9.80. The molecule has 0 aliphatic heterocycles. The van der Waals surface area contributed by atoms with E-state index in [1.54, 1.807) is 0 Å². The third kappa shape index (κ3) is 40.9. The van der Waals surface area contributed by atoms with Crippen LogP contribution >= 0.6 is 0 Å². The average molecular weight is 653 g/mol. The van der Waals surface area contributed by atoms with Gasteiger partial charge >= 0.3 is 29.6 Å². The Morgan fingerprint density at radius 3 is 0.818 bits per heavy atom. The summed E-state index contributed by atoms with van der Waals surface area (Å²) in [7, 11) is -4.59. The van der Waals surface area contributed by atoms with Gasteiger partial charge in [0.15, 0.2) is 0 Å². The van der Waals surface area contributed by atoms with Crippen molar-refractivity contribution in [3.05, 3.63) is 0 Å². The zero-order valence-electron chi connectivity index (χ0n) is 30.4. The van der Waals surface area contributed by atoms with E-state index in [0.29, 0.717) is 0 Å². The first-order chi connectivity index (χ1) is 21.0. The summed E-state index contributed by atoms with van der Waals surface area (Å²) >= 11 is 0. The molecule has 0 aromatic heterocycles. The Morgan fingerprint density at radius 1 is 0.409 bits per heavy atom. The van der Waals surface area contributed by atoms with E-state index in [9.17, 15) is 13.0 Å². The molecule has 0 spiro atoms. The molecule has 1 atom stereocenters. The number of unbranched alkanes of at least 4 members (excludes halogenated alkanes) is 30. The molecule has 0 amide bonds. The Labute approximate surface area is 300 Å². The van der Waals surface area contributed by atoms with Gasteiger partial charge < -0.3 is 4.55 Å². The molecule has 0 saturated heterocycles. The van der Waals surface area contributed by atoms with Crippen molar-refractivity contribution in [2.24, 2.45) is 5.92 Å². The molecule has 0 N–H and O–H groups in total. The van der Waals surface area contributed by atoms with Gasteiger partial charge in [0.05, 0.1) is 6.61 Å². The van der Waals surface area contributed by atoms with Gasteiger partial charge in [-0.1, -0.05) is 219 Å². The van der Waals surface area contributed by atoms with Crippen LogP contribution in [0.4, 0.5) is 0 Å². The molecule has 0 aliphatic rings. The van der Waals surface area contributed by atoms with Crippen LogP contribution < -0.4 is 29.6 Å². The second kappa shape index (κ2) is 38.3. The number of rotatable bonds is 37. The van der Waals surface area contributed by atoms with Crippen LogP contribution in [0.2, 0.25) is 0 Å². The summed E-state index contributed by atoms with van der Waals surface area (Å²) < 4.78 is 37.7. The van der Waals surface area contributed by atoms with Crippen molar-refractivity contribution in [1.29, 1.82) is 0 Å². The molecule has 0 heterocycles. The normalized spacial score (nSPS) is 12.4. The van der Waals surface area contributed by atoms with Crippen LogP contribution in [0.1, 0.15) is 232 Å². The first-order valence-electron chi connectivity index (χ1n) is 19.6. The maximum Gasteiger partial charge on any atom is 1.00 e. The predicted molar refractivity (Wildman–Crippen MR) is 187 cm³/mol. The molecule has 0 bridgehead atoms. The second-order valence-electron chi connectivity index (χ2n) is 13.7. The molecule has 260 valence electrons. The zero-order valence-corrected chi connectivity index (χ0v) is 33.2. The molecule has 4 nitrogen and oxygen atoms in total. The van der Waals surface area contributed by atoms with E-state index in [4.69, 9.17) is 0 Å². The van der Waals surface area contributed by atoms with Gasteiger partial charge in [-0.15, -0.1) is 0 Å². The molecule has 0 aromatic carbocycles. The minimum absolute atomic E-state index is 0. The topological polar surface area (TPSA) is 66.4 Å². The summed E-state index contributed by atoms with van der Waals surface area (Å²) in [4.78, 5) is 0. The van der Waals surface area contributed by atoms with Gasteiger partial charge in [0, 0.05) is 0 Å². The van der Waals surface area contributed by atoms with Crippen LogP contribution in [-0.4, -0.2) is 19.6 Å². The van der Waals surface area contributed by atoms with Gasteiger partial charge in [-0.05, 0) is 18.8 Å². The van der Waals surface area contributed by atoms with Gasteiger partial charge in [-0.25, -0.2) is 8.42 Å². The smallest absolute Gasteiger partial charge is 0.726 e. The van der Waals surface area contributed by atoms with E-state index in [0.717, 1.165) is 25.7 Å². The van der Waals surface area contributed by atoms with Gasteiger partial charge in [0.2, 0.25) is 10.4 Å². The van der Waals surface area contributed by atoms with Crippen LogP contribution in [0.3, 0.4) is 0 Å². The summed E-state index contributed by atoms with van der Waals surface area (Å²) in [5, 5.41) is 0. The minimum Gasteiger partial charge on any atom is -0.726 e. The Hall–Kier alpha value is 0.870. The summed E-state index contributed by atoms with van der Waals surface area (Å²) in [6, 6.07) is 0. The van der Waals surface area contributed by atoms with Crippen molar-refractivity contribution in [2.45, 2.75) is 232 Å². The molecule has 0 radical (unpaired) electrons. The molecule has 0 rings (SSSR count). The van der Waals surface area contributed by atoms with Crippen LogP contribution in [0.5, 0.6) is 0 Å². The standard InChI is InChI=1S/C38H78O4S.Na/c1-3-5-7-9-11-13-15-17-19-20-22-24-26-28-30-32-34-36-38(37-42-43(39,40)41)35-33-31-29-27-25-23-21-18-16-14-12-10-8-6-4-2;/h38H,3-37H2,1-2H3,(H,39,40,41);/q;+1/p-1. The average Bonchev–Trinajstić information content (AvgIpc) is 2.98. The molecule has 1 unspecified atom stereocenters. The largest absolute Gasteiger partial charge is 1.00 e. The summed E-state index contributed by atoms with van der Waals surface area (Å²) in [5.74, 6) is 0.196. The van der Waals surface area contributed by atoms with E-state index in [1.165, 1.54) is 193 Å². The van der Waals surface area contributed by atoms with E-state index in [1.807, 2.05) is 0 Å². The van der Waals surface area contributed by atoms with Crippen LogP contribution in [0, 0.1) is 5.92 Å². The maximum atomic E-state index is 11.0. The SMILES string of the molecule is CCCCCCCCCCCCCCCCCCCC(CCCCCCCCCCCCCCCCC)COS(=O)(=O)[O-].[Na+]. The van der Waals surface area contributed by atoms with Gasteiger partial charge in [0.25, 0.3) is 0 Å². The quantitative estimate of drug-likeness (QED) is 0.0290. The Morgan fingerprint density at radius 2 is 0.614 bits per heavy atom.